The fourth-order valence-electron chi connectivity index (χ4n) is 4.00. The molecule has 0 aromatic heterocycles. The number of fused-ring (bicyclic) bond motifs is 5. The molecule has 3 aliphatic carbocycles. The van der Waals surface area contributed by atoms with E-state index in [2.05, 4.69) is 0 Å². The molecule has 0 saturated heterocycles. The molecule has 0 amide bonds. The first-order valence-corrected chi connectivity index (χ1v) is 9.60. The molecule has 0 spiro atoms. The topological polar surface area (TPSA) is 83.8 Å². The highest BCUT2D eigenvalue weighted by Gasteiger charge is 2.45. The fourth-order valence-corrected chi connectivity index (χ4v) is 4.23. The van der Waals surface area contributed by atoms with Crippen LogP contribution in [-0.4, -0.2) is 42.1 Å². The molecule has 8 heteroatoms. The van der Waals surface area contributed by atoms with Gasteiger partial charge in [-0.15, -0.1) is 0 Å². The summed E-state index contributed by atoms with van der Waals surface area (Å²) >= 11 is 0. The molecule has 23 heavy (non-hydrogen) atoms. The van der Waals surface area contributed by atoms with E-state index in [1.54, 1.807) is 6.92 Å². The molecule has 3 rings (SSSR count). The monoisotopic (exact) mass is 356 g/mol. The second kappa shape index (κ2) is 6.90. The fraction of sp³-hybridized carbons (Fsp3) is 1.00. The van der Waals surface area contributed by atoms with Crippen molar-refractivity contribution in [2.45, 2.75) is 62.7 Å². The lowest BCUT2D eigenvalue weighted by Crippen LogP contribution is -2.42. The molecule has 0 radical (unpaired) electrons. The third-order valence-corrected chi connectivity index (χ3v) is 6.30. The molecule has 2 N–H and O–H groups in total. The molecule has 0 aromatic rings. The van der Waals surface area contributed by atoms with Gasteiger partial charge < -0.3 is 9.84 Å². The maximum absolute atomic E-state index is 13.1. The van der Waals surface area contributed by atoms with Gasteiger partial charge in [-0.05, 0) is 43.9 Å². The molecule has 0 heterocycles. The smallest absolute Gasteiger partial charge is 0.390 e. The highest BCUT2D eigenvalue weighted by atomic mass is 32.2. The number of hydrogen-bond donors (Lipinski definition) is 2. The van der Waals surface area contributed by atoms with Crippen LogP contribution in [0.15, 0.2) is 0 Å². The Morgan fingerprint density at radius 3 is 2.35 bits per heavy atom. The van der Waals surface area contributed by atoms with Crippen molar-refractivity contribution in [3.8, 4) is 0 Å². The second-order valence-electron chi connectivity index (χ2n) is 7.33. The van der Waals surface area contributed by atoms with Crippen LogP contribution in [0.25, 0.3) is 0 Å². The summed E-state index contributed by atoms with van der Waals surface area (Å²) in [7, 11) is -5.46. The highest BCUT2D eigenvalue weighted by molar-refractivity contribution is 7.86. The van der Waals surface area contributed by atoms with E-state index < -0.39 is 27.6 Å². The first-order valence-electron chi connectivity index (χ1n) is 8.16. The van der Waals surface area contributed by atoms with E-state index in [1.807, 2.05) is 0 Å². The maximum Gasteiger partial charge on any atom is 0.392 e. The largest absolute Gasteiger partial charge is 0.392 e. The zero-order valence-corrected chi connectivity index (χ0v) is 14.2. The number of halogens is 2. The Labute approximate surface area is 136 Å². The van der Waals surface area contributed by atoms with Crippen LogP contribution in [0.3, 0.4) is 0 Å². The normalized spacial score (nSPS) is 35.8. The predicted octanol–water partition coefficient (Wildman–Crippen LogP) is 2.84. The molecule has 3 fully saturated rings. The van der Waals surface area contributed by atoms with Gasteiger partial charge in [0, 0.05) is 6.61 Å². The Bertz CT molecular complexity index is 498. The molecule has 3 saturated carbocycles. The third kappa shape index (κ3) is 4.84. The Balaban J connectivity index is 1.86. The number of rotatable bonds is 6. The van der Waals surface area contributed by atoms with Crippen LogP contribution in [0, 0.1) is 17.8 Å². The first-order chi connectivity index (χ1) is 10.5. The first kappa shape index (κ1) is 19.0. The Kier molecular flexibility index (Phi) is 5.70. The van der Waals surface area contributed by atoms with Crippen molar-refractivity contribution in [2.75, 3.05) is 13.2 Å². The van der Waals surface area contributed by atoms with Crippen molar-refractivity contribution in [3.63, 3.8) is 0 Å². The van der Waals surface area contributed by atoms with Crippen LogP contribution in [0.1, 0.15) is 51.9 Å². The molecule has 5 nitrogen and oxygen atoms in total. The molecule has 3 aliphatic rings. The van der Waals surface area contributed by atoms with E-state index in [-0.39, 0.29) is 12.5 Å². The van der Waals surface area contributed by atoms with Crippen LogP contribution in [-0.2, 0) is 14.9 Å². The second-order valence-corrected chi connectivity index (χ2v) is 8.88. The van der Waals surface area contributed by atoms with Gasteiger partial charge in [-0.3, -0.25) is 4.55 Å². The molecule has 2 unspecified atom stereocenters. The lowest BCUT2D eigenvalue weighted by molar-refractivity contribution is -0.0731. The van der Waals surface area contributed by atoms with Crippen molar-refractivity contribution in [3.05, 3.63) is 0 Å². The van der Waals surface area contributed by atoms with E-state index >= 15 is 0 Å². The molecule has 0 aromatic carbocycles. The van der Waals surface area contributed by atoms with E-state index in [0.717, 1.165) is 32.1 Å². The van der Waals surface area contributed by atoms with Gasteiger partial charge in [0.25, 0.3) is 0 Å². The molecular formula is C15H26F2O5S. The number of aliphatic hydroxyl groups is 1. The van der Waals surface area contributed by atoms with Crippen molar-refractivity contribution in [1.82, 2.24) is 0 Å². The van der Waals surface area contributed by atoms with Crippen molar-refractivity contribution in [1.29, 1.82) is 0 Å². The Morgan fingerprint density at radius 2 is 1.78 bits per heavy atom. The quantitative estimate of drug-likeness (QED) is 0.565. The van der Waals surface area contributed by atoms with Gasteiger partial charge in [-0.1, -0.05) is 25.7 Å². The van der Waals surface area contributed by atoms with Crippen LogP contribution in [0.5, 0.6) is 0 Å². The van der Waals surface area contributed by atoms with Crippen molar-refractivity contribution >= 4 is 10.1 Å². The van der Waals surface area contributed by atoms with Gasteiger partial charge in [-0.2, -0.15) is 17.2 Å². The zero-order valence-electron chi connectivity index (χ0n) is 13.4. The van der Waals surface area contributed by atoms with E-state index in [0.29, 0.717) is 24.7 Å². The van der Waals surface area contributed by atoms with Crippen LogP contribution in [0.4, 0.5) is 8.78 Å². The maximum atomic E-state index is 13.1. The van der Waals surface area contributed by atoms with Gasteiger partial charge in [0.15, 0.2) is 0 Å². The van der Waals surface area contributed by atoms with E-state index in [1.165, 1.54) is 0 Å². The molecule has 0 aliphatic heterocycles. The molecule has 2 bridgehead atoms. The Morgan fingerprint density at radius 1 is 1.22 bits per heavy atom. The molecular weight excluding hydrogens is 330 g/mol. The summed E-state index contributed by atoms with van der Waals surface area (Å²) in [5.41, 5.74) is -0.849. The third-order valence-electron chi connectivity index (χ3n) is 5.42. The van der Waals surface area contributed by atoms with Crippen molar-refractivity contribution < 1.29 is 31.6 Å². The lowest BCUT2D eigenvalue weighted by atomic mass is 9.65. The number of ether oxygens (including phenoxy) is 1. The summed E-state index contributed by atoms with van der Waals surface area (Å²) in [6, 6.07) is 0. The molecule has 2 atom stereocenters. The van der Waals surface area contributed by atoms with Gasteiger partial charge in [0.1, 0.15) is 6.61 Å². The minimum absolute atomic E-state index is 0.0463. The Hall–Kier alpha value is -0.310. The van der Waals surface area contributed by atoms with Gasteiger partial charge >= 0.3 is 15.4 Å². The number of hydrogen-bond acceptors (Lipinski definition) is 4. The van der Waals surface area contributed by atoms with Gasteiger partial charge in [-0.25, -0.2) is 0 Å². The lowest BCUT2D eigenvalue weighted by Gasteiger charge is -2.44. The van der Waals surface area contributed by atoms with Crippen molar-refractivity contribution in [2.24, 2.45) is 17.8 Å². The highest BCUT2D eigenvalue weighted by Crippen LogP contribution is 2.45. The van der Waals surface area contributed by atoms with Gasteiger partial charge in [0.05, 0.1) is 5.60 Å². The summed E-state index contributed by atoms with van der Waals surface area (Å²) in [6.45, 7) is 0.362. The summed E-state index contributed by atoms with van der Waals surface area (Å²) < 4.78 is 60.4. The van der Waals surface area contributed by atoms with Crippen LogP contribution >= 0.6 is 0 Å². The summed E-state index contributed by atoms with van der Waals surface area (Å²) in [6.07, 6.45) is 6.55. The zero-order chi connectivity index (χ0) is 17.3. The van der Waals surface area contributed by atoms with E-state index in [4.69, 9.17) is 9.29 Å². The van der Waals surface area contributed by atoms with Crippen LogP contribution in [0.2, 0.25) is 0 Å². The number of alkyl halides is 2. The summed E-state index contributed by atoms with van der Waals surface area (Å²) in [4.78, 5) is 0. The predicted molar refractivity (Wildman–Crippen MR) is 80.7 cm³/mol. The van der Waals surface area contributed by atoms with Crippen LogP contribution < -0.4 is 0 Å². The standard InChI is InChI=1S/C15H26F2O5S/c1-14(18)9-12-4-2-11(3-5-12)8-13(14)6-7-22-10-15(16,17)23(19,20)21/h11-13,18H,2-10H2,1H3,(H,19,20,21). The summed E-state index contributed by atoms with van der Waals surface area (Å²) in [5, 5.41) is 6.41. The minimum Gasteiger partial charge on any atom is -0.390 e. The van der Waals surface area contributed by atoms with Gasteiger partial charge in [0.2, 0.25) is 0 Å². The SMILES string of the molecule is CC1(O)CC2CCC(CC2)CC1CCOCC(F)(F)S(=O)(=O)O. The molecule has 136 valence electrons. The minimum atomic E-state index is -5.46. The summed E-state index contributed by atoms with van der Waals surface area (Å²) in [5.74, 6) is 1.03. The average Bonchev–Trinajstić information content (AvgIpc) is 2.40. The van der Waals surface area contributed by atoms with E-state index in [9.17, 15) is 22.3 Å². The average molecular weight is 356 g/mol.